The molecule has 0 fully saturated rings. The van der Waals surface area contributed by atoms with Crippen LogP contribution in [0.4, 0.5) is 0 Å². The van der Waals surface area contributed by atoms with E-state index in [1.54, 1.807) is 0 Å². The van der Waals surface area contributed by atoms with Gasteiger partial charge in [-0.15, -0.1) is 0 Å². The highest BCUT2D eigenvalue weighted by atomic mass is 32.2. The second kappa shape index (κ2) is 3.09. The Morgan fingerprint density at radius 1 is 2.00 bits per heavy atom. The van der Waals surface area contributed by atoms with Crippen molar-refractivity contribution in [3.63, 3.8) is 0 Å². The van der Waals surface area contributed by atoms with Gasteiger partial charge in [0.2, 0.25) is 0 Å². The van der Waals surface area contributed by atoms with Crippen molar-refractivity contribution < 1.29 is 13.9 Å². The molecule has 44 valence electrons. The zero-order chi connectivity index (χ0) is 5.86. The van der Waals surface area contributed by atoms with E-state index in [1.165, 1.54) is 0 Å². The van der Waals surface area contributed by atoms with E-state index in [0.29, 0.717) is 0 Å². The van der Waals surface area contributed by atoms with Crippen molar-refractivity contribution in [3.8, 4) is 0 Å². The fourth-order valence-electron chi connectivity index (χ4n) is 0.0786. The van der Waals surface area contributed by atoms with Crippen LogP contribution in [-0.4, -0.2) is 25.8 Å². The van der Waals surface area contributed by atoms with E-state index >= 15 is 0 Å². The van der Waals surface area contributed by atoms with Gasteiger partial charge in [-0.25, -0.2) is 0 Å². The molecule has 0 aliphatic rings. The van der Waals surface area contributed by atoms with Crippen molar-refractivity contribution in [3.05, 3.63) is 0 Å². The van der Waals surface area contributed by atoms with Crippen LogP contribution in [0.5, 0.6) is 0 Å². The van der Waals surface area contributed by atoms with Gasteiger partial charge in [-0.3, -0.25) is 4.21 Å². The largest absolute Gasteiger partial charge is 0.770 e. The number of aliphatic hydroxyl groups is 1. The van der Waals surface area contributed by atoms with Crippen LogP contribution in [0.3, 0.4) is 0 Å². The quantitative estimate of drug-likeness (QED) is 0.423. The van der Waals surface area contributed by atoms with Crippen molar-refractivity contribution in [2.45, 2.75) is 5.44 Å². The van der Waals surface area contributed by atoms with Crippen LogP contribution in [0, 0.1) is 0 Å². The molecular formula is C2H6NO3S-. The third-order valence-electron chi connectivity index (χ3n) is 0.424. The number of hydrogen-bond donors (Lipinski definition) is 2. The molecule has 2 unspecified atom stereocenters. The summed E-state index contributed by atoms with van der Waals surface area (Å²) in [5.41, 5.74) is 3.33. The first-order valence-corrected chi connectivity index (χ1v) is 2.78. The standard InChI is InChI=1S/C2H7NO3S/c3-1-2(4)7(5)6/h2,4H,1,3H2,(H,5,6)/p-1. The van der Waals surface area contributed by atoms with E-state index in [4.69, 9.17) is 10.8 Å². The smallest absolute Gasteiger partial charge is 0.128 e. The van der Waals surface area contributed by atoms with E-state index in [-0.39, 0.29) is 6.54 Å². The Morgan fingerprint density at radius 2 is 2.43 bits per heavy atom. The van der Waals surface area contributed by atoms with Crippen molar-refractivity contribution in [1.29, 1.82) is 0 Å². The van der Waals surface area contributed by atoms with Gasteiger partial charge in [0.15, 0.2) is 0 Å². The maximum absolute atomic E-state index is 9.60. The molecule has 0 heterocycles. The minimum absolute atomic E-state index is 0.240. The van der Waals surface area contributed by atoms with Crippen LogP contribution in [0.2, 0.25) is 0 Å². The van der Waals surface area contributed by atoms with Crippen molar-refractivity contribution in [2.24, 2.45) is 5.73 Å². The summed E-state index contributed by atoms with van der Waals surface area (Å²) in [5, 5.41) is 8.20. The Bertz CT molecular complexity index is 75.3. The van der Waals surface area contributed by atoms with Gasteiger partial charge in [-0.1, -0.05) is 0 Å². The molecule has 0 rings (SSSR count). The number of rotatable bonds is 2. The molecule has 0 aliphatic carbocycles. The highest BCUT2D eigenvalue weighted by molar-refractivity contribution is 7.79. The predicted molar refractivity (Wildman–Crippen MR) is 24.0 cm³/mol. The van der Waals surface area contributed by atoms with Crippen molar-refractivity contribution >= 4 is 11.1 Å². The Hall–Kier alpha value is 0.0300. The minimum atomic E-state index is -2.43. The predicted octanol–water partition coefficient (Wildman–Crippen LogP) is -1.86. The van der Waals surface area contributed by atoms with Crippen molar-refractivity contribution in [1.82, 2.24) is 0 Å². The van der Waals surface area contributed by atoms with Gasteiger partial charge in [0, 0.05) is 6.54 Å². The molecule has 0 aliphatic heterocycles. The molecule has 2 atom stereocenters. The summed E-state index contributed by atoms with van der Waals surface area (Å²) in [4.78, 5) is 0. The normalized spacial score (nSPS) is 18.7. The Kier molecular flexibility index (Phi) is 3.10. The summed E-state index contributed by atoms with van der Waals surface area (Å²) < 4.78 is 19.2. The van der Waals surface area contributed by atoms with Crippen LogP contribution >= 0.6 is 0 Å². The maximum Gasteiger partial charge on any atom is 0.128 e. The second-order valence-corrected chi connectivity index (χ2v) is 2.02. The zero-order valence-electron chi connectivity index (χ0n) is 3.53. The number of nitrogens with two attached hydrogens (primary N) is 1. The monoisotopic (exact) mass is 124 g/mol. The summed E-state index contributed by atoms with van der Waals surface area (Å²) in [6.07, 6.45) is 0. The fourth-order valence-corrected chi connectivity index (χ4v) is 0.236. The van der Waals surface area contributed by atoms with Gasteiger partial charge >= 0.3 is 0 Å². The van der Waals surface area contributed by atoms with Crippen LogP contribution in [0.15, 0.2) is 0 Å². The van der Waals surface area contributed by atoms with Gasteiger partial charge in [-0.05, 0) is 11.1 Å². The van der Waals surface area contributed by atoms with E-state index in [9.17, 15) is 8.76 Å². The Balaban J connectivity index is 3.34. The molecule has 0 amide bonds. The SMILES string of the molecule is NCC(O)S(=O)[O-]. The molecule has 0 saturated carbocycles. The minimum Gasteiger partial charge on any atom is -0.770 e. The summed E-state index contributed by atoms with van der Waals surface area (Å²) in [7, 11) is 0. The van der Waals surface area contributed by atoms with Gasteiger partial charge < -0.3 is 15.4 Å². The fraction of sp³-hybridized carbons (Fsp3) is 1.00. The topological polar surface area (TPSA) is 86.4 Å². The van der Waals surface area contributed by atoms with E-state index in [0.717, 1.165) is 0 Å². The van der Waals surface area contributed by atoms with Crippen LogP contribution in [-0.2, 0) is 11.1 Å². The lowest BCUT2D eigenvalue weighted by atomic mass is 10.7. The molecule has 3 N–H and O–H groups in total. The molecular weight excluding hydrogens is 118 g/mol. The molecule has 0 radical (unpaired) electrons. The van der Waals surface area contributed by atoms with Gasteiger partial charge in [0.1, 0.15) is 5.44 Å². The van der Waals surface area contributed by atoms with Crippen LogP contribution < -0.4 is 5.73 Å². The first kappa shape index (κ1) is 7.03. The van der Waals surface area contributed by atoms with Crippen molar-refractivity contribution in [2.75, 3.05) is 6.54 Å². The number of hydrogen-bond acceptors (Lipinski definition) is 4. The second-order valence-electron chi connectivity index (χ2n) is 0.951. The summed E-state index contributed by atoms with van der Waals surface area (Å²) >= 11 is -2.43. The molecule has 7 heavy (non-hydrogen) atoms. The van der Waals surface area contributed by atoms with Gasteiger partial charge in [0.25, 0.3) is 0 Å². The van der Waals surface area contributed by atoms with E-state index < -0.39 is 16.5 Å². The molecule has 0 bridgehead atoms. The lowest BCUT2D eigenvalue weighted by Gasteiger charge is -2.08. The first-order chi connectivity index (χ1) is 3.18. The third-order valence-corrected chi connectivity index (χ3v) is 1.06. The highest BCUT2D eigenvalue weighted by Crippen LogP contribution is 1.80. The van der Waals surface area contributed by atoms with Crippen LogP contribution in [0.1, 0.15) is 0 Å². The third kappa shape index (κ3) is 2.69. The van der Waals surface area contributed by atoms with Gasteiger partial charge in [-0.2, -0.15) is 0 Å². The molecule has 0 aromatic rings. The lowest BCUT2D eigenvalue weighted by molar-refractivity contribution is 0.251. The molecule has 4 nitrogen and oxygen atoms in total. The Morgan fingerprint density at radius 3 is 2.43 bits per heavy atom. The summed E-state index contributed by atoms with van der Waals surface area (Å²) in [6, 6.07) is 0. The van der Waals surface area contributed by atoms with Gasteiger partial charge in [0.05, 0.1) is 0 Å². The summed E-state index contributed by atoms with van der Waals surface area (Å²) in [6.45, 7) is -0.240. The average molecular weight is 124 g/mol. The van der Waals surface area contributed by atoms with E-state index in [1.807, 2.05) is 0 Å². The molecule has 5 heteroatoms. The molecule has 0 aromatic carbocycles. The first-order valence-electron chi connectivity index (χ1n) is 1.64. The van der Waals surface area contributed by atoms with Crippen LogP contribution in [0.25, 0.3) is 0 Å². The lowest BCUT2D eigenvalue weighted by Crippen LogP contribution is -2.24. The number of aliphatic hydroxyl groups excluding tert-OH is 1. The maximum atomic E-state index is 9.60. The average Bonchev–Trinajstić information content (AvgIpc) is 1.65. The molecule has 0 spiro atoms. The van der Waals surface area contributed by atoms with E-state index in [2.05, 4.69) is 0 Å². The summed E-state index contributed by atoms with van der Waals surface area (Å²) in [5.74, 6) is 0. The molecule has 0 saturated heterocycles. The Labute approximate surface area is 43.6 Å². The molecule has 0 aromatic heterocycles. The highest BCUT2D eigenvalue weighted by Gasteiger charge is 1.95. The zero-order valence-corrected chi connectivity index (χ0v) is 4.35.